The minimum atomic E-state index is -0.356. The van der Waals surface area contributed by atoms with Crippen LogP contribution in [-0.2, 0) is 6.54 Å². The molecule has 3 aromatic rings. The van der Waals surface area contributed by atoms with Crippen molar-refractivity contribution in [1.82, 2.24) is 25.1 Å². The van der Waals surface area contributed by atoms with Crippen LogP contribution in [0.5, 0.6) is 0 Å². The number of carbonyl (C=O) groups is 1. The van der Waals surface area contributed by atoms with E-state index in [0.717, 1.165) is 5.56 Å². The van der Waals surface area contributed by atoms with Gasteiger partial charge in [0.25, 0.3) is 0 Å². The van der Waals surface area contributed by atoms with Gasteiger partial charge >= 0.3 is 6.03 Å². The normalized spacial score (nSPS) is 10.3. The second-order valence-corrected chi connectivity index (χ2v) is 5.08. The SMILES string of the molecule is O=C(NCc1ccc(Cl)cc1)Nc1cc(-n2cccn2)ncn1. The number of nitrogens with one attached hydrogen (secondary N) is 2. The van der Waals surface area contributed by atoms with E-state index >= 15 is 0 Å². The van der Waals surface area contributed by atoms with Crippen molar-refractivity contribution in [2.45, 2.75) is 6.54 Å². The molecular formula is C15H13ClN6O. The summed E-state index contributed by atoms with van der Waals surface area (Å²) in [5, 5.41) is 10.1. The first kappa shape index (κ1) is 15.0. The number of hydrogen-bond donors (Lipinski definition) is 2. The first-order valence-corrected chi connectivity index (χ1v) is 7.20. The molecule has 0 saturated carbocycles. The van der Waals surface area contributed by atoms with Gasteiger partial charge in [0.15, 0.2) is 5.82 Å². The van der Waals surface area contributed by atoms with Crippen molar-refractivity contribution in [2.75, 3.05) is 5.32 Å². The highest BCUT2D eigenvalue weighted by molar-refractivity contribution is 6.30. The zero-order valence-corrected chi connectivity index (χ0v) is 12.7. The summed E-state index contributed by atoms with van der Waals surface area (Å²) in [5.74, 6) is 0.956. The molecule has 0 spiro atoms. The molecule has 0 aliphatic rings. The van der Waals surface area contributed by atoms with Gasteiger partial charge in [-0.1, -0.05) is 23.7 Å². The average molecular weight is 329 g/mol. The molecule has 3 rings (SSSR count). The average Bonchev–Trinajstić information content (AvgIpc) is 3.09. The Balaban J connectivity index is 1.59. The van der Waals surface area contributed by atoms with E-state index in [-0.39, 0.29) is 6.03 Å². The van der Waals surface area contributed by atoms with Gasteiger partial charge in [-0.25, -0.2) is 19.4 Å². The largest absolute Gasteiger partial charge is 0.334 e. The molecule has 8 heteroatoms. The zero-order chi connectivity index (χ0) is 16.1. The Morgan fingerprint density at radius 3 is 2.78 bits per heavy atom. The molecule has 0 aliphatic heterocycles. The number of aromatic nitrogens is 4. The molecule has 0 atom stereocenters. The number of anilines is 1. The van der Waals surface area contributed by atoms with Crippen molar-refractivity contribution < 1.29 is 4.79 Å². The first-order valence-electron chi connectivity index (χ1n) is 6.82. The minimum absolute atomic E-state index is 0.356. The lowest BCUT2D eigenvalue weighted by molar-refractivity contribution is 0.251. The van der Waals surface area contributed by atoms with Crippen LogP contribution in [-0.4, -0.2) is 25.8 Å². The highest BCUT2D eigenvalue weighted by Crippen LogP contribution is 2.10. The highest BCUT2D eigenvalue weighted by Gasteiger charge is 2.05. The monoisotopic (exact) mass is 328 g/mol. The molecule has 0 unspecified atom stereocenters. The van der Waals surface area contributed by atoms with Crippen LogP contribution in [0.25, 0.3) is 5.82 Å². The number of rotatable bonds is 4. The lowest BCUT2D eigenvalue weighted by Gasteiger charge is -2.08. The molecule has 2 aromatic heterocycles. The van der Waals surface area contributed by atoms with Crippen LogP contribution in [0.15, 0.2) is 55.1 Å². The summed E-state index contributed by atoms with van der Waals surface area (Å²) in [6.07, 6.45) is 4.77. The van der Waals surface area contributed by atoms with Crippen molar-refractivity contribution in [1.29, 1.82) is 0 Å². The molecule has 0 saturated heterocycles. The second kappa shape index (κ2) is 6.89. The molecule has 7 nitrogen and oxygen atoms in total. The predicted octanol–water partition coefficient (Wildman–Crippen LogP) is 2.64. The molecule has 2 N–H and O–H groups in total. The molecule has 0 fully saturated rings. The second-order valence-electron chi connectivity index (χ2n) is 4.65. The van der Waals surface area contributed by atoms with E-state index in [9.17, 15) is 4.79 Å². The van der Waals surface area contributed by atoms with Crippen LogP contribution in [0.1, 0.15) is 5.56 Å². The van der Waals surface area contributed by atoms with Gasteiger partial charge in [0.1, 0.15) is 12.1 Å². The molecule has 116 valence electrons. The molecular weight excluding hydrogens is 316 g/mol. The van der Waals surface area contributed by atoms with Crippen LogP contribution in [0, 0.1) is 0 Å². The van der Waals surface area contributed by atoms with E-state index in [2.05, 4.69) is 25.7 Å². The third-order valence-corrected chi connectivity index (χ3v) is 3.25. The van der Waals surface area contributed by atoms with Crippen LogP contribution in [0.2, 0.25) is 5.02 Å². The van der Waals surface area contributed by atoms with Gasteiger partial charge in [-0.2, -0.15) is 5.10 Å². The Morgan fingerprint density at radius 2 is 2.04 bits per heavy atom. The quantitative estimate of drug-likeness (QED) is 0.771. The molecule has 1 aromatic carbocycles. The number of halogens is 1. The van der Waals surface area contributed by atoms with Gasteiger partial charge in [-0.05, 0) is 23.8 Å². The summed E-state index contributed by atoms with van der Waals surface area (Å²) >= 11 is 5.82. The molecule has 2 heterocycles. The van der Waals surface area contributed by atoms with Crippen molar-refractivity contribution in [3.05, 3.63) is 65.7 Å². The Hall–Kier alpha value is -2.93. The summed E-state index contributed by atoms with van der Waals surface area (Å²) in [7, 11) is 0. The summed E-state index contributed by atoms with van der Waals surface area (Å²) in [4.78, 5) is 20.0. The maximum absolute atomic E-state index is 11.9. The fourth-order valence-electron chi connectivity index (χ4n) is 1.89. The summed E-state index contributed by atoms with van der Waals surface area (Å²) in [6.45, 7) is 0.389. The van der Waals surface area contributed by atoms with Crippen LogP contribution in [0.4, 0.5) is 10.6 Å². The maximum atomic E-state index is 11.9. The van der Waals surface area contributed by atoms with E-state index in [1.165, 1.54) is 6.33 Å². The Labute approximate surface area is 137 Å². The predicted molar refractivity (Wildman–Crippen MR) is 86.5 cm³/mol. The van der Waals surface area contributed by atoms with Gasteiger partial charge < -0.3 is 5.32 Å². The molecule has 23 heavy (non-hydrogen) atoms. The van der Waals surface area contributed by atoms with Gasteiger partial charge in [-0.15, -0.1) is 0 Å². The third kappa shape index (κ3) is 4.04. The fourth-order valence-corrected chi connectivity index (χ4v) is 2.02. The molecule has 0 bridgehead atoms. The van der Waals surface area contributed by atoms with Crippen molar-refractivity contribution >= 4 is 23.4 Å². The van der Waals surface area contributed by atoms with E-state index in [4.69, 9.17) is 11.6 Å². The molecule has 0 aliphatic carbocycles. The van der Waals surface area contributed by atoms with Gasteiger partial charge in [0.2, 0.25) is 0 Å². The smallest absolute Gasteiger partial charge is 0.320 e. The van der Waals surface area contributed by atoms with Gasteiger partial charge in [0, 0.05) is 30.0 Å². The number of nitrogens with zero attached hydrogens (tertiary/aromatic N) is 4. The van der Waals surface area contributed by atoms with Crippen molar-refractivity contribution in [2.24, 2.45) is 0 Å². The fraction of sp³-hybridized carbons (Fsp3) is 0.0667. The highest BCUT2D eigenvalue weighted by atomic mass is 35.5. The number of urea groups is 1. The zero-order valence-electron chi connectivity index (χ0n) is 12.0. The van der Waals surface area contributed by atoms with Gasteiger partial charge in [-0.3, -0.25) is 5.32 Å². The third-order valence-electron chi connectivity index (χ3n) is 3.00. The summed E-state index contributed by atoms with van der Waals surface area (Å²) in [5.41, 5.74) is 0.949. The van der Waals surface area contributed by atoms with E-state index in [0.29, 0.717) is 23.2 Å². The van der Waals surface area contributed by atoms with Crippen molar-refractivity contribution in [3.63, 3.8) is 0 Å². The Morgan fingerprint density at radius 1 is 1.22 bits per heavy atom. The first-order chi connectivity index (χ1) is 11.2. The number of amides is 2. The number of hydrogen-bond acceptors (Lipinski definition) is 4. The van der Waals surface area contributed by atoms with E-state index < -0.39 is 0 Å². The van der Waals surface area contributed by atoms with E-state index in [1.54, 1.807) is 41.3 Å². The van der Waals surface area contributed by atoms with Crippen LogP contribution < -0.4 is 10.6 Å². The number of benzene rings is 1. The standard InChI is InChI=1S/C15H13ClN6O/c16-12-4-2-11(3-5-12)9-17-15(23)21-13-8-14(19-10-18-13)22-7-1-6-20-22/h1-8,10H,9H2,(H2,17,18,19,21,23). The topological polar surface area (TPSA) is 84.7 Å². The molecule has 0 radical (unpaired) electrons. The van der Waals surface area contributed by atoms with E-state index in [1.807, 2.05) is 12.1 Å². The van der Waals surface area contributed by atoms with Crippen LogP contribution in [0.3, 0.4) is 0 Å². The maximum Gasteiger partial charge on any atom is 0.320 e. The van der Waals surface area contributed by atoms with Crippen molar-refractivity contribution in [3.8, 4) is 5.82 Å². The lowest BCUT2D eigenvalue weighted by Crippen LogP contribution is -2.28. The Bertz CT molecular complexity index is 788. The van der Waals surface area contributed by atoms with Gasteiger partial charge in [0.05, 0.1) is 0 Å². The Kier molecular flexibility index (Phi) is 4.49. The lowest BCUT2D eigenvalue weighted by atomic mass is 10.2. The summed E-state index contributed by atoms with van der Waals surface area (Å²) in [6, 6.07) is 10.3. The van der Waals surface area contributed by atoms with Crippen LogP contribution >= 0.6 is 11.6 Å². The minimum Gasteiger partial charge on any atom is -0.334 e. The summed E-state index contributed by atoms with van der Waals surface area (Å²) < 4.78 is 1.58. The number of carbonyl (C=O) groups excluding carboxylic acids is 1. The molecule has 2 amide bonds.